The summed E-state index contributed by atoms with van der Waals surface area (Å²) in [6.45, 7) is 0.276. The van der Waals surface area contributed by atoms with Crippen molar-refractivity contribution in [2.24, 2.45) is 5.92 Å². The highest BCUT2D eigenvalue weighted by molar-refractivity contribution is 6.31. The Hall–Kier alpha value is -2.86. The molecule has 7 heteroatoms. The number of hydrogen-bond donors (Lipinski definition) is 2. The van der Waals surface area contributed by atoms with Crippen molar-refractivity contribution < 1.29 is 19.5 Å². The lowest BCUT2D eigenvalue weighted by Gasteiger charge is -2.17. The van der Waals surface area contributed by atoms with Crippen LogP contribution in [0.1, 0.15) is 16.8 Å². The highest BCUT2D eigenvalue weighted by Crippen LogP contribution is 2.27. The molecule has 1 atom stereocenters. The van der Waals surface area contributed by atoms with Crippen molar-refractivity contribution >= 4 is 40.8 Å². The van der Waals surface area contributed by atoms with E-state index in [4.69, 9.17) is 16.7 Å². The van der Waals surface area contributed by atoms with Crippen molar-refractivity contribution in [2.75, 3.05) is 16.8 Å². The minimum absolute atomic E-state index is 0.117. The Morgan fingerprint density at radius 1 is 1.16 bits per heavy atom. The molecule has 0 radical (unpaired) electrons. The first-order valence-corrected chi connectivity index (χ1v) is 8.02. The van der Waals surface area contributed by atoms with Gasteiger partial charge in [-0.25, -0.2) is 4.79 Å². The molecule has 0 aromatic heterocycles. The zero-order valence-electron chi connectivity index (χ0n) is 13.1. The summed E-state index contributed by atoms with van der Waals surface area (Å²) >= 11 is 5.95. The number of rotatable bonds is 4. The number of amides is 2. The molecule has 0 bridgehead atoms. The number of nitrogens with zero attached hydrogens (tertiary/aromatic N) is 1. The third-order valence-corrected chi connectivity index (χ3v) is 4.25. The van der Waals surface area contributed by atoms with Gasteiger partial charge in [-0.15, -0.1) is 0 Å². The minimum atomic E-state index is -1.03. The molecular formula is C18H15ClN2O4. The van der Waals surface area contributed by atoms with Crippen LogP contribution in [0.15, 0.2) is 48.5 Å². The summed E-state index contributed by atoms with van der Waals surface area (Å²) in [5.41, 5.74) is 1.29. The molecule has 2 aromatic rings. The molecular weight excluding hydrogens is 344 g/mol. The molecule has 0 spiro atoms. The largest absolute Gasteiger partial charge is 0.478 e. The Bertz CT molecular complexity index is 835. The van der Waals surface area contributed by atoms with Gasteiger partial charge < -0.3 is 15.3 Å². The van der Waals surface area contributed by atoms with E-state index in [-0.39, 0.29) is 30.3 Å². The number of anilines is 2. The number of carbonyl (C=O) groups is 3. The van der Waals surface area contributed by atoms with E-state index in [0.29, 0.717) is 16.4 Å². The fraction of sp³-hybridized carbons (Fsp3) is 0.167. The highest BCUT2D eigenvalue weighted by atomic mass is 35.5. The second kappa shape index (κ2) is 6.94. The topological polar surface area (TPSA) is 86.7 Å². The predicted octanol–water partition coefficient (Wildman–Crippen LogP) is 3.03. The van der Waals surface area contributed by atoms with E-state index in [1.54, 1.807) is 29.2 Å². The first-order valence-electron chi connectivity index (χ1n) is 7.64. The van der Waals surface area contributed by atoms with Gasteiger partial charge in [0, 0.05) is 29.4 Å². The van der Waals surface area contributed by atoms with E-state index in [9.17, 15) is 14.4 Å². The fourth-order valence-electron chi connectivity index (χ4n) is 2.72. The van der Waals surface area contributed by atoms with Crippen LogP contribution in [0.2, 0.25) is 5.02 Å². The molecule has 2 N–H and O–H groups in total. The number of nitrogens with one attached hydrogen (secondary N) is 1. The first kappa shape index (κ1) is 17.0. The summed E-state index contributed by atoms with van der Waals surface area (Å²) in [7, 11) is 0. The van der Waals surface area contributed by atoms with E-state index in [0.717, 1.165) is 0 Å². The lowest BCUT2D eigenvalue weighted by molar-refractivity contribution is -0.122. The van der Waals surface area contributed by atoms with E-state index in [1.165, 1.54) is 24.3 Å². The monoisotopic (exact) mass is 358 g/mol. The Kier molecular flexibility index (Phi) is 4.72. The maximum Gasteiger partial charge on any atom is 0.335 e. The molecule has 6 nitrogen and oxygen atoms in total. The quantitative estimate of drug-likeness (QED) is 0.879. The maximum absolute atomic E-state index is 12.4. The number of halogens is 1. The highest BCUT2D eigenvalue weighted by Gasteiger charge is 2.35. The van der Waals surface area contributed by atoms with Crippen LogP contribution in [0.25, 0.3) is 0 Å². The van der Waals surface area contributed by atoms with Gasteiger partial charge in [0.25, 0.3) is 0 Å². The molecule has 25 heavy (non-hydrogen) atoms. The second-order valence-electron chi connectivity index (χ2n) is 5.76. The van der Waals surface area contributed by atoms with Crippen molar-refractivity contribution in [3.8, 4) is 0 Å². The average molecular weight is 359 g/mol. The molecule has 2 aromatic carbocycles. The lowest BCUT2D eigenvalue weighted by Crippen LogP contribution is -2.28. The van der Waals surface area contributed by atoms with Gasteiger partial charge in [0.2, 0.25) is 11.8 Å². The Balaban J connectivity index is 1.67. The standard InChI is InChI=1S/C18H15ClN2O4/c19-13-2-1-3-15(9-13)21-10-12(8-16(21)22)17(23)20-14-6-4-11(5-7-14)18(24)25/h1-7,9,12H,8,10H2,(H,20,23)(H,24,25)/t12-/m0/s1. The van der Waals surface area contributed by atoms with Crippen molar-refractivity contribution in [3.63, 3.8) is 0 Å². The summed E-state index contributed by atoms with van der Waals surface area (Å²) in [6.07, 6.45) is 0.117. The van der Waals surface area contributed by atoms with Crippen LogP contribution < -0.4 is 10.2 Å². The van der Waals surface area contributed by atoms with Gasteiger partial charge in [0.15, 0.2) is 0 Å². The molecule has 1 aliphatic heterocycles. The van der Waals surface area contributed by atoms with E-state index >= 15 is 0 Å². The fourth-order valence-corrected chi connectivity index (χ4v) is 2.90. The van der Waals surface area contributed by atoms with Crippen molar-refractivity contribution in [1.29, 1.82) is 0 Å². The summed E-state index contributed by atoms with van der Waals surface area (Å²) < 4.78 is 0. The molecule has 0 saturated carbocycles. The van der Waals surface area contributed by atoms with Crippen molar-refractivity contribution in [1.82, 2.24) is 0 Å². The SMILES string of the molecule is O=C(O)c1ccc(NC(=O)[C@H]2CC(=O)N(c3cccc(Cl)c3)C2)cc1. The third-order valence-electron chi connectivity index (χ3n) is 4.02. The Morgan fingerprint density at radius 3 is 2.52 bits per heavy atom. The summed E-state index contributed by atoms with van der Waals surface area (Å²) in [5.74, 6) is -1.92. The van der Waals surface area contributed by atoms with Gasteiger partial charge >= 0.3 is 5.97 Å². The molecule has 1 saturated heterocycles. The van der Waals surface area contributed by atoms with Crippen LogP contribution in [-0.4, -0.2) is 29.4 Å². The molecule has 0 aliphatic carbocycles. The van der Waals surface area contributed by atoms with Crippen LogP contribution in [0, 0.1) is 5.92 Å². The number of aromatic carboxylic acids is 1. The number of hydrogen-bond acceptors (Lipinski definition) is 3. The van der Waals surface area contributed by atoms with E-state index in [1.807, 2.05) is 0 Å². The van der Waals surface area contributed by atoms with Gasteiger partial charge in [-0.05, 0) is 42.5 Å². The summed E-state index contributed by atoms with van der Waals surface area (Å²) in [5, 5.41) is 12.1. The van der Waals surface area contributed by atoms with Crippen molar-refractivity contribution in [3.05, 3.63) is 59.1 Å². The van der Waals surface area contributed by atoms with Gasteiger partial charge in [-0.2, -0.15) is 0 Å². The molecule has 1 heterocycles. The Morgan fingerprint density at radius 2 is 1.88 bits per heavy atom. The zero-order chi connectivity index (χ0) is 18.0. The van der Waals surface area contributed by atoms with Gasteiger partial charge in [0.05, 0.1) is 11.5 Å². The van der Waals surface area contributed by atoms with Gasteiger partial charge in [-0.3, -0.25) is 9.59 Å². The van der Waals surface area contributed by atoms with Gasteiger partial charge in [0.1, 0.15) is 0 Å². The molecule has 1 fully saturated rings. The van der Waals surface area contributed by atoms with Gasteiger partial charge in [-0.1, -0.05) is 17.7 Å². The van der Waals surface area contributed by atoms with Crippen LogP contribution in [0.3, 0.4) is 0 Å². The Labute approximate surface area is 149 Å². The summed E-state index contributed by atoms with van der Waals surface area (Å²) in [6, 6.07) is 12.8. The lowest BCUT2D eigenvalue weighted by atomic mass is 10.1. The molecule has 2 amide bonds. The van der Waals surface area contributed by atoms with Crippen LogP contribution in [-0.2, 0) is 9.59 Å². The van der Waals surface area contributed by atoms with E-state index in [2.05, 4.69) is 5.32 Å². The third kappa shape index (κ3) is 3.80. The number of carboxylic acid groups (broad SMARTS) is 1. The number of benzene rings is 2. The van der Waals surface area contributed by atoms with Crippen LogP contribution >= 0.6 is 11.6 Å². The van der Waals surface area contributed by atoms with Crippen molar-refractivity contribution in [2.45, 2.75) is 6.42 Å². The van der Waals surface area contributed by atoms with E-state index < -0.39 is 11.9 Å². The second-order valence-corrected chi connectivity index (χ2v) is 6.19. The maximum atomic E-state index is 12.4. The minimum Gasteiger partial charge on any atom is -0.478 e. The zero-order valence-corrected chi connectivity index (χ0v) is 13.9. The smallest absolute Gasteiger partial charge is 0.335 e. The van der Waals surface area contributed by atoms with Crippen LogP contribution in [0.5, 0.6) is 0 Å². The predicted molar refractivity (Wildman–Crippen MR) is 93.9 cm³/mol. The average Bonchev–Trinajstić information content (AvgIpc) is 2.97. The number of carboxylic acids is 1. The molecule has 3 rings (SSSR count). The summed E-state index contributed by atoms with van der Waals surface area (Å²) in [4.78, 5) is 37.0. The molecule has 1 aliphatic rings. The first-order chi connectivity index (χ1) is 11.9. The molecule has 0 unspecified atom stereocenters. The number of carbonyl (C=O) groups excluding carboxylic acids is 2. The molecule has 128 valence electrons. The normalized spacial score (nSPS) is 16.8. The van der Waals surface area contributed by atoms with Crippen LogP contribution in [0.4, 0.5) is 11.4 Å².